The molecule has 2 aromatic heterocycles. The van der Waals surface area contributed by atoms with E-state index in [0.717, 1.165) is 29.0 Å². The van der Waals surface area contributed by atoms with E-state index in [9.17, 15) is 57.9 Å². The smallest absolute Gasteiger partial charge is 0.386 e. The van der Waals surface area contributed by atoms with Crippen molar-refractivity contribution in [2.24, 2.45) is 5.41 Å². The Labute approximate surface area is 311 Å². The molecule has 0 spiro atoms. The van der Waals surface area contributed by atoms with Crippen molar-refractivity contribution < 1.29 is 80.5 Å². The Morgan fingerprint density at radius 3 is 2.44 bits per heavy atom. The molecular formula is C26H40N7O17P3S. The van der Waals surface area contributed by atoms with Gasteiger partial charge in [-0.05, 0) is 0 Å². The number of imidazole rings is 1. The zero-order chi connectivity index (χ0) is 40.5. The molecule has 1 fully saturated rings. The average Bonchev–Trinajstić information content (AvgIpc) is 3.63. The summed E-state index contributed by atoms with van der Waals surface area (Å²) in [6, 6.07) is 0. The van der Waals surface area contributed by atoms with Gasteiger partial charge in [-0.15, -0.1) is 12.3 Å². The summed E-state index contributed by atoms with van der Waals surface area (Å²) in [4.78, 5) is 86.9. The van der Waals surface area contributed by atoms with Crippen molar-refractivity contribution in [3.63, 3.8) is 0 Å². The maximum atomic E-state index is 12.6. The fourth-order valence-electron chi connectivity index (χ4n) is 4.54. The highest BCUT2D eigenvalue weighted by atomic mass is 32.2. The number of fused-ring (bicyclic) bond motifs is 1. The lowest BCUT2D eigenvalue weighted by Crippen LogP contribution is -2.46. The Bertz CT molecular complexity index is 1840. The SMILES string of the molecule is C#CCCC(=O)SCCNC(=O)CCNC(=O)[C@H](O)C(C)(C)COP(=O)(O)OP(=O)(O)OC[C@H]1O[C@@H](n2cnc3c(N)ncnc32)[C@H](O)[C@@H]1OP(=O)(O)O. The first-order chi connectivity index (χ1) is 25.1. The normalized spacial score (nSPS) is 21.8. The third-order valence-electron chi connectivity index (χ3n) is 7.24. The second kappa shape index (κ2) is 19.3. The molecule has 10 N–H and O–H groups in total. The number of terminal acetylenes is 1. The van der Waals surface area contributed by atoms with E-state index in [4.69, 9.17) is 25.9 Å². The van der Waals surface area contributed by atoms with Crippen LogP contribution in [-0.4, -0.2) is 123 Å². The number of hydrogen-bond acceptors (Lipinski definition) is 18. The van der Waals surface area contributed by atoms with Crippen LogP contribution in [0.3, 0.4) is 0 Å². The first-order valence-electron chi connectivity index (χ1n) is 15.5. The van der Waals surface area contributed by atoms with Gasteiger partial charge in [0.15, 0.2) is 22.8 Å². The number of rotatable bonds is 21. The zero-order valence-electron chi connectivity index (χ0n) is 28.6. The Balaban J connectivity index is 1.51. The number of aromatic nitrogens is 4. The number of nitrogens with zero attached hydrogens (tertiary/aromatic N) is 4. The van der Waals surface area contributed by atoms with E-state index in [-0.39, 0.29) is 48.0 Å². The molecule has 1 saturated heterocycles. The molecule has 3 heterocycles. The predicted molar refractivity (Wildman–Crippen MR) is 185 cm³/mol. The number of phosphoric acid groups is 3. The molecule has 0 radical (unpaired) electrons. The predicted octanol–water partition coefficient (Wildman–Crippen LogP) is -0.922. The number of nitrogens with one attached hydrogen (secondary N) is 2. The number of nitrogen functional groups attached to an aromatic ring is 1. The van der Waals surface area contributed by atoms with Crippen LogP contribution in [-0.2, 0) is 50.7 Å². The van der Waals surface area contributed by atoms with Crippen LogP contribution in [0, 0.1) is 17.8 Å². The van der Waals surface area contributed by atoms with Crippen molar-refractivity contribution >= 4 is 69.1 Å². The Kier molecular flexibility index (Phi) is 16.3. The number of carbonyl (C=O) groups is 3. The molecule has 2 unspecified atom stereocenters. The molecule has 0 aromatic carbocycles. The van der Waals surface area contributed by atoms with E-state index in [0.29, 0.717) is 12.2 Å². The number of aliphatic hydroxyl groups excluding tert-OH is 2. The number of ether oxygens (including phenoxy) is 1. The Morgan fingerprint density at radius 1 is 1.09 bits per heavy atom. The molecule has 54 heavy (non-hydrogen) atoms. The van der Waals surface area contributed by atoms with Crippen molar-refractivity contribution in [3.05, 3.63) is 12.7 Å². The number of hydrogen-bond donors (Lipinski definition) is 9. The van der Waals surface area contributed by atoms with Gasteiger partial charge < -0.3 is 50.9 Å². The number of anilines is 1. The molecular weight excluding hydrogens is 807 g/mol. The number of thioether (sulfide) groups is 1. The highest BCUT2D eigenvalue weighted by Gasteiger charge is 2.50. The number of phosphoric ester groups is 3. The lowest BCUT2D eigenvalue weighted by atomic mass is 9.87. The number of aliphatic hydroxyl groups is 2. The minimum Gasteiger partial charge on any atom is -0.386 e. The van der Waals surface area contributed by atoms with Gasteiger partial charge in [0.1, 0.15) is 36.3 Å². The lowest BCUT2D eigenvalue weighted by Gasteiger charge is -2.30. The van der Waals surface area contributed by atoms with Crippen LogP contribution in [0.1, 0.15) is 39.3 Å². The molecule has 1 aliphatic heterocycles. The van der Waals surface area contributed by atoms with Gasteiger partial charge in [0.05, 0.1) is 19.5 Å². The summed E-state index contributed by atoms with van der Waals surface area (Å²) in [5, 5.41) is 26.1. The highest BCUT2D eigenvalue weighted by Crippen LogP contribution is 2.61. The first-order valence-corrected chi connectivity index (χ1v) is 21.0. The molecule has 2 amide bonds. The minimum atomic E-state index is -5.57. The van der Waals surface area contributed by atoms with Gasteiger partial charge in [0.25, 0.3) is 0 Å². The fraction of sp³-hybridized carbons (Fsp3) is 0.615. The minimum absolute atomic E-state index is 0.0279. The summed E-state index contributed by atoms with van der Waals surface area (Å²) in [6.45, 7) is 0.435. The number of amides is 2. The molecule has 2 aromatic rings. The molecule has 7 atom stereocenters. The Morgan fingerprint density at radius 2 is 1.78 bits per heavy atom. The van der Waals surface area contributed by atoms with E-state index in [1.54, 1.807) is 0 Å². The van der Waals surface area contributed by atoms with Crippen LogP contribution in [0.15, 0.2) is 12.7 Å². The lowest BCUT2D eigenvalue weighted by molar-refractivity contribution is -0.137. The third kappa shape index (κ3) is 13.7. The monoisotopic (exact) mass is 847 g/mol. The molecule has 3 rings (SSSR count). The van der Waals surface area contributed by atoms with Gasteiger partial charge in [0.2, 0.25) is 11.8 Å². The van der Waals surface area contributed by atoms with Gasteiger partial charge in [-0.1, -0.05) is 25.6 Å². The van der Waals surface area contributed by atoms with E-state index in [2.05, 4.69) is 40.3 Å². The number of nitrogens with two attached hydrogens (primary N) is 1. The third-order valence-corrected chi connectivity index (χ3v) is 11.3. The molecule has 0 saturated carbocycles. The van der Waals surface area contributed by atoms with Crippen molar-refractivity contribution in [3.8, 4) is 12.3 Å². The van der Waals surface area contributed by atoms with E-state index in [1.807, 2.05) is 0 Å². The van der Waals surface area contributed by atoms with Crippen molar-refractivity contribution in [1.82, 2.24) is 30.2 Å². The second-order valence-electron chi connectivity index (χ2n) is 12.0. The quantitative estimate of drug-likeness (QED) is 0.0416. The van der Waals surface area contributed by atoms with Gasteiger partial charge in [-0.3, -0.25) is 32.5 Å². The van der Waals surface area contributed by atoms with Crippen LogP contribution in [0.4, 0.5) is 5.82 Å². The first kappa shape index (κ1) is 45.5. The van der Waals surface area contributed by atoms with Gasteiger partial charge >= 0.3 is 23.5 Å². The topological polar surface area (TPSA) is 364 Å². The fourth-order valence-corrected chi connectivity index (χ4v) is 8.05. The maximum absolute atomic E-state index is 12.6. The summed E-state index contributed by atoms with van der Waals surface area (Å²) in [6.07, 6.45) is -1.31. The Hall–Kier alpha value is -2.88. The van der Waals surface area contributed by atoms with Gasteiger partial charge in [-0.2, -0.15) is 4.31 Å². The van der Waals surface area contributed by atoms with E-state index < -0.39 is 84.6 Å². The summed E-state index contributed by atoms with van der Waals surface area (Å²) < 4.78 is 61.9. The molecule has 302 valence electrons. The van der Waals surface area contributed by atoms with Gasteiger partial charge in [0, 0.05) is 43.5 Å². The van der Waals surface area contributed by atoms with E-state index in [1.165, 1.54) is 13.8 Å². The second-order valence-corrected chi connectivity index (χ2v) is 17.4. The molecule has 0 aliphatic carbocycles. The zero-order valence-corrected chi connectivity index (χ0v) is 32.1. The van der Waals surface area contributed by atoms with Crippen molar-refractivity contribution in [2.75, 3.05) is 37.8 Å². The van der Waals surface area contributed by atoms with Crippen molar-refractivity contribution in [1.29, 1.82) is 0 Å². The van der Waals surface area contributed by atoms with E-state index >= 15 is 0 Å². The van der Waals surface area contributed by atoms with Crippen LogP contribution in [0.2, 0.25) is 0 Å². The number of carbonyl (C=O) groups excluding carboxylic acids is 3. The molecule has 1 aliphatic rings. The molecule has 28 heteroatoms. The standard InChI is InChI=1S/C26H40N7O17P3S/c1-4-5-6-17(35)54-10-9-28-16(34)7-8-29-24(38)21(37)26(2,3)12-47-53(44,45)50-52(42,43)46-11-15-20(49-51(39,40)41)19(36)25(48-15)33-14-32-18-22(27)30-13-31-23(18)33/h1,13-15,19-21,25,36-37H,5-12H2,2-3H3,(H,28,34)(H,29,38)(H,42,43)(H,44,45)(H2,27,30,31)(H2,39,40,41)/t15-,19-,20-,21+,25-/m1/s1. The van der Waals surface area contributed by atoms with Crippen LogP contribution in [0.25, 0.3) is 11.2 Å². The van der Waals surface area contributed by atoms with Crippen LogP contribution in [0.5, 0.6) is 0 Å². The molecule has 0 bridgehead atoms. The van der Waals surface area contributed by atoms with Crippen LogP contribution >= 0.6 is 35.2 Å². The van der Waals surface area contributed by atoms with Crippen LogP contribution < -0.4 is 16.4 Å². The average molecular weight is 848 g/mol. The summed E-state index contributed by atoms with van der Waals surface area (Å²) in [5.41, 5.74) is 4.25. The van der Waals surface area contributed by atoms with Gasteiger partial charge in [-0.25, -0.2) is 28.6 Å². The van der Waals surface area contributed by atoms with Crippen molar-refractivity contribution in [2.45, 2.75) is 63.8 Å². The maximum Gasteiger partial charge on any atom is 0.481 e. The summed E-state index contributed by atoms with van der Waals surface area (Å²) in [5.74, 6) is 1.19. The molecule has 24 nitrogen and oxygen atoms in total. The largest absolute Gasteiger partial charge is 0.481 e. The highest BCUT2D eigenvalue weighted by molar-refractivity contribution is 8.13. The summed E-state index contributed by atoms with van der Waals surface area (Å²) >= 11 is 1.01. The summed E-state index contributed by atoms with van der Waals surface area (Å²) in [7, 11) is -16.4.